The first-order chi connectivity index (χ1) is 6.62. The second-order valence-corrected chi connectivity index (χ2v) is 8.21. The van der Waals surface area contributed by atoms with Crippen LogP contribution in [-0.4, -0.2) is 0 Å². The molecule has 0 aliphatic carbocycles. The molecule has 1 rings (SSSR count). The van der Waals surface area contributed by atoms with Crippen LogP contribution in [0, 0.1) is 5.41 Å². The summed E-state index contributed by atoms with van der Waals surface area (Å²) in [5, 5.41) is 0. The fourth-order valence-electron chi connectivity index (χ4n) is 1.32. The van der Waals surface area contributed by atoms with Gasteiger partial charge in [0.1, 0.15) is 0 Å². The predicted octanol–water partition coefficient (Wildman–Crippen LogP) is 5.53. The summed E-state index contributed by atoms with van der Waals surface area (Å²) in [6.45, 7) is 13.6. The van der Waals surface area contributed by atoms with E-state index < -0.39 is 0 Å². The first kappa shape index (κ1) is 13.2. The van der Waals surface area contributed by atoms with Crippen LogP contribution in [0.2, 0.25) is 0 Å². The number of hydrogen-bond acceptors (Lipinski definition) is 1. The third kappa shape index (κ3) is 3.32. The maximum absolute atomic E-state index is 3.80. The predicted molar refractivity (Wildman–Crippen MR) is 74.1 cm³/mol. The number of thiophene rings is 1. The largest absolute Gasteiger partial charge is 0.144 e. The van der Waals surface area contributed by atoms with Crippen molar-refractivity contribution in [3.8, 4) is 0 Å². The van der Waals surface area contributed by atoms with E-state index in [0.29, 0.717) is 4.83 Å². The molecule has 0 N–H and O–H groups in total. The van der Waals surface area contributed by atoms with Gasteiger partial charge < -0.3 is 0 Å². The molecule has 0 bridgehead atoms. The van der Waals surface area contributed by atoms with Crippen molar-refractivity contribution in [1.29, 1.82) is 0 Å². The summed E-state index contributed by atoms with van der Waals surface area (Å²) in [6, 6.07) is 4.52. The van der Waals surface area contributed by atoms with Gasteiger partial charge in [-0.1, -0.05) is 57.5 Å². The average molecular weight is 289 g/mol. The second-order valence-electron chi connectivity index (χ2n) is 6.18. The van der Waals surface area contributed by atoms with Crippen molar-refractivity contribution in [2.24, 2.45) is 5.41 Å². The van der Waals surface area contributed by atoms with Gasteiger partial charge in [-0.2, -0.15) is 0 Å². The fraction of sp³-hybridized carbons (Fsp3) is 0.692. The van der Waals surface area contributed by atoms with Gasteiger partial charge in [-0.15, -0.1) is 11.3 Å². The maximum atomic E-state index is 3.80. The number of hydrogen-bond donors (Lipinski definition) is 0. The van der Waals surface area contributed by atoms with Crippen LogP contribution in [0.1, 0.15) is 56.1 Å². The highest BCUT2D eigenvalue weighted by Crippen LogP contribution is 2.44. The Kier molecular flexibility index (Phi) is 3.72. The Bertz CT molecular complexity index is 325. The van der Waals surface area contributed by atoms with Gasteiger partial charge in [-0.3, -0.25) is 0 Å². The lowest BCUT2D eigenvalue weighted by Gasteiger charge is -2.24. The van der Waals surface area contributed by atoms with Gasteiger partial charge in [0.05, 0.1) is 4.83 Å². The van der Waals surface area contributed by atoms with E-state index in [0.717, 1.165) is 0 Å². The molecule has 0 aromatic carbocycles. The van der Waals surface area contributed by atoms with Crippen molar-refractivity contribution < 1.29 is 0 Å². The molecule has 1 atom stereocenters. The molecule has 1 aromatic rings. The average Bonchev–Trinajstić information content (AvgIpc) is 2.47. The zero-order valence-corrected chi connectivity index (χ0v) is 12.9. The van der Waals surface area contributed by atoms with E-state index in [-0.39, 0.29) is 10.8 Å². The van der Waals surface area contributed by atoms with E-state index in [1.165, 1.54) is 9.75 Å². The smallest absolute Gasteiger partial charge is 0.0537 e. The van der Waals surface area contributed by atoms with Gasteiger partial charge in [-0.25, -0.2) is 0 Å². The molecule has 1 unspecified atom stereocenters. The number of alkyl halides is 1. The summed E-state index contributed by atoms with van der Waals surface area (Å²) in [7, 11) is 0. The Labute approximate surface area is 106 Å². The molecule has 0 fully saturated rings. The summed E-state index contributed by atoms with van der Waals surface area (Å²) in [5.41, 5.74) is 0.549. The molecule has 1 aromatic heterocycles. The Hall–Kier alpha value is 0.180. The van der Waals surface area contributed by atoms with E-state index in [1.807, 2.05) is 11.3 Å². The molecule has 0 spiro atoms. The highest BCUT2D eigenvalue weighted by Gasteiger charge is 2.26. The Balaban J connectivity index is 2.95. The number of rotatable bonds is 1. The zero-order valence-electron chi connectivity index (χ0n) is 10.5. The summed E-state index contributed by atoms with van der Waals surface area (Å²) >= 11 is 5.72. The van der Waals surface area contributed by atoms with Gasteiger partial charge in [0.25, 0.3) is 0 Å². The second kappa shape index (κ2) is 4.21. The van der Waals surface area contributed by atoms with Crippen molar-refractivity contribution in [2.45, 2.75) is 51.8 Å². The Morgan fingerprint density at radius 3 is 1.93 bits per heavy atom. The lowest BCUT2D eigenvalue weighted by molar-refractivity contribution is 0.411. The van der Waals surface area contributed by atoms with Crippen LogP contribution in [0.25, 0.3) is 0 Å². The molecule has 0 saturated heterocycles. The van der Waals surface area contributed by atoms with Crippen LogP contribution in [0.15, 0.2) is 12.1 Å². The standard InChI is InChI=1S/C13H21BrS/c1-12(2,3)10-8-7-9(15-10)11(14)13(4,5)6/h7-8,11H,1-6H3. The number of halogens is 1. The highest BCUT2D eigenvalue weighted by molar-refractivity contribution is 9.09. The van der Waals surface area contributed by atoms with E-state index >= 15 is 0 Å². The lowest BCUT2D eigenvalue weighted by atomic mass is 9.91. The zero-order chi connectivity index (χ0) is 11.9. The summed E-state index contributed by atoms with van der Waals surface area (Å²) in [4.78, 5) is 3.35. The van der Waals surface area contributed by atoms with Crippen LogP contribution >= 0.6 is 27.3 Å². The molecule has 15 heavy (non-hydrogen) atoms. The third-order valence-corrected chi connectivity index (χ3v) is 6.12. The monoisotopic (exact) mass is 288 g/mol. The van der Waals surface area contributed by atoms with Crippen LogP contribution in [0.3, 0.4) is 0 Å². The van der Waals surface area contributed by atoms with E-state index in [4.69, 9.17) is 0 Å². The van der Waals surface area contributed by atoms with Crippen LogP contribution in [0.5, 0.6) is 0 Å². The van der Waals surface area contributed by atoms with Crippen LogP contribution < -0.4 is 0 Å². The van der Waals surface area contributed by atoms with E-state index in [9.17, 15) is 0 Å². The molecule has 0 nitrogen and oxygen atoms in total. The topological polar surface area (TPSA) is 0 Å². The molecule has 2 heteroatoms. The lowest BCUT2D eigenvalue weighted by Crippen LogP contribution is -2.11. The van der Waals surface area contributed by atoms with Crippen molar-refractivity contribution in [3.05, 3.63) is 21.9 Å². The third-order valence-electron chi connectivity index (χ3n) is 2.38. The summed E-state index contributed by atoms with van der Waals surface area (Å²) in [5.74, 6) is 0. The van der Waals surface area contributed by atoms with Gasteiger partial charge in [0.2, 0.25) is 0 Å². The minimum atomic E-state index is 0.271. The first-order valence-corrected chi connectivity index (χ1v) is 7.10. The van der Waals surface area contributed by atoms with Crippen molar-refractivity contribution in [3.63, 3.8) is 0 Å². The molecule has 0 amide bonds. The normalized spacial score (nSPS) is 15.4. The van der Waals surface area contributed by atoms with Crippen LogP contribution in [0.4, 0.5) is 0 Å². The van der Waals surface area contributed by atoms with Gasteiger partial charge in [-0.05, 0) is 23.0 Å². The highest BCUT2D eigenvalue weighted by atomic mass is 79.9. The van der Waals surface area contributed by atoms with Crippen LogP contribution in [-0.2, 0) is 5.41 Å². The minimum Gasteiger partial charge on any atom is -0.144 e. The molecule has 86 valence electrons. The SMILES string of the molecule is CC(C)(C)c1ccc(C(Br)C(C)(C)C)s1. The summed E-state index contributed by atoms with van der Waals surface area (Å²) < 4.78 is 0. The molecule has 0 radical (unpaired) electrons. The first-order valence-electron chi connectivity index (χ1n) is 5.36. The Morgan fingerprint density at radius 1 is 1.07 bits per heavy atom. The van der Waals surface area contributed by atoms with Crippen molar-refractivity contribution in [2.75, 3.05) is 0 Å². The Morgan fingerprint density at radius 2 is 1.60 bits per heavy atom. The van der Waals surface area contributed by atoms with E-state index in [2.05, 4.69) is 69.6 Å². The summed E-state index contributed by atoms with van der Waals surface area (Å²) in [6.07, 6.45) is 0. The molecule has 1 heterocycles. The maximum Gasteiger partial charge on any atom is 0.0537 e. The van der Waals surface area contributed by atoms with Gasteiger partial charge in [0.15, 0.2) is 0 Å². The molecule has 0 saturated carbocycles. The van der Waals surface area contributed by atoms with Gasteiger partial charge in [0, 0.05) is 9.75 Å². The minimum absolute atomic E-state index is 0.271. The van der Waals surface area contributed by atoms with E-state index in [1.54, 1.807) is 0 Å². The quantitative estimate of drug-likeness (QED) is 0.596. The molecular weight excluding hydrogens is 268 g/mol. The van der Waals surface area contributed by atoms with Crippen molar-refractivity contribution in [1.82, 2.24) is 0 Å². The molecule has 0 aliphatic rings. The van der Waals surface area contributed by atoms with Crippen molar-refractivity contribution >= 4 is 27.3 Å². The van der Waals surface area contributed by atoms with Gasteiger partial charge >= 0.3 is 0 Å². The molecular formula is C13H21BrS. The molecule has 0 aliphatic heterocycles. The fourth-order valence-corrected chi connectivity index (χ4v) is 3.04.